The third-order valence-corrected chi connectivity index (χ3v) is 2.41. The molecule has 86 valence electrons. The maximum absolute atomic E-state index is 8.67. The zero-order valence-corrected chi connectivity index (χ0v) is 9.39. The summed E-state index contributed by atoms with van der Waals surface area (Å²) in [5.74, 6) is 0. The van der Waals surface area contributed by atoms with Crippen LogP contribution in [0.5, 0.6) is 0 Å². The summed E-state index contributed by atoms with van der Waals surface area (Å²) in [6.45, 7) is 4.42. The van der Waals surface area contributed by atoms with Gasteiger partial charge in [-0.2, -0.15) is 5.10 Å². The molecule has 0 aliphatic carbocycles. The van der Waals surface area contributed by atoms with E-state index in [0.29, 0.717) is 12.6 Å². The van der Waals surface area contributed by atoms with E-state index in [0.717, 1.165) is 32.4 Å². The van der Waals surface area contributed by atoms with Gasteiger partial charge in [0, 0.05) is 31.6 Å². The fourth-order valence-corrected chi connectivity index (χ4v) is 1.52. The van der Waals surface area contributed by atoms with Gasteiger partial charge in [-0.15, -0.1) is 0 Å². The smallest absolute Gasteiger partial charge is 0.0489 e. The molecular weight excluding hydrogens is 190 g/mol. The van der Waals surface area contributed by atoms with Crippen LogP contribution in [0, 0.1) is 0 Å². The summed E-state index contributed by atoms with van der Waals surface area (Å²) in [6.07, 6.45) is 6.79. The number of hydrogen-bond donors (Lipinski definition) is 2. The molecule has 0 aromatic carbocycles. The van der Waals surface area contributed by atoms with Gasteiger partial charge >= 0.3 is 0 Å². The molecule has 0 saturated carbocycles. The quantitative estimate of drug-likeness (QED) is 0.631. The Bertz CT molecular complexity index is 236. The van der Waals surface area contributed by atoms with Gasteiger partial charge in [0.25, 0.3) is 0 Å². The fraction of sp³-hybridized carbons (Fsp3) is 0.727. The van der Waals surface area contributed by atoms with Crippen LogP contribution >= 0.6 is 0 Å². The van der Waals surface area contributed by atoms with Gasteiger partial charge in [-0.1, -0.05) is 0 Å². The molecule has 0 aliphatic heterocycles. The monoisotopic (exact) mass is 211 g/mol. The summed E-state index contributed by atoms with van der Waals surface area (Å²) in [6, 6.07) is 2.44. The van der Waals surface area contributed by atoms with Crippen molar-refractivity contribution in [2.45, 2.75) is 38.8 Å². The van der Waals surface area contributed by atoms with Crippen molar-refractivity contribution in [1.82, 2.24) is 15.1 Å². The second-order valence-electron chi connectivity index (χ2n) is 3.84. The Labute approximate surface area is 91.3 Å². The van der Waals surface area contributed by atoms with Gasteiger partial charge in [0.2, 0.25) is 0 Å². The van der Waals surface area contributed by atoms with Crippen molar-refractivity contribution < 1.29 is 5.11 Å². The van der Waals surface area contributed by atoms with Crippen LogP contribution in [0.3, 0.4) is 0 Å². The van der Waals surface area contributed by atoms with Crippen molar-refractivity contribution in [2.75, 3.05) is 13.2 Å². The Morgan fingerprint density at radius 1 is 1.47 bits per heavy atom. The van der Waals surface area contributed by atoms with Crippen LogP contribution in [0.1, 0.15) is 26.2 Å². The molecule has 0 fully saturated rings. The molecule has 15 heavy (non-hydrogen) atoms. The molecule has 1 rings (SSSR count). The van der Waals surface area contributed by atoms with Crippen LogP contribution in [0.15, 0.2) is 18.5 Å². The molecule has 1 atom stereocenters. The number of nitrogens with zero attached hydrogens (tertiary/aromatic N) is 2. The van der Waals surface area contributed by atoms with Crippen LogP contribution in [0.2, 0.25) is 0 Å². The molecule has 1 aromatic rings. The average Bonchev–Trinajstić information content (AvgIpc) is 2.74. The molecule has 0 aliphatic rings. The van der Waals surface area contributed by atoms with E-state index in [4.69, 9.17) is 5.11 Å². The lowest BCUT2D eigenvalue weighted by atomic mass is 10.2. The summed E-state index contributed by atoms with van der Waals surface area (Å²) in [4.78, 5) is 0. The van der Waals surface area contributed by atoms with Gasteiger partial charge in [-0.25, -0.2) is 0 Å². The SMILES string of the molecule is CC(CCCO)NCCCn1cccn1. The van der Waals surface area contributed by atoms with Crippen LogP contribution in [0.4, 0.5) is 0 Å². The number of aliphatic hydroxyl groups excluding tert-OH is 1. The van der Waals surface area contributed by atoms with Crippen molar-refractivity contribution in [2.24, 2.45) is 0 Å². The van der Waals surface area contributed by atoms with E-state index >= 15 is 0 Å². The predicted octanol–water partition coefficient (Wildman–Crippen LogP) is 1.02. The number of nitrogens with one attached hydrogen (secondary N) is 1. The Balaban J connectivity index is 1.97. The molecular formula is C11H21N3O. The Morgan fingerprint density at radius 2 is 2.33 bits per heavy atom. The number of hydrogen-bond acceptors (Lipinski definition) is 3. The number of rotatable bonds is 8. The summed E-state index contributed by atoms with van der Waals surface area (Å²) in [7, 11) is 0. The lowest BCUT2D eigenvalue weighted by Gasteiger charge is -2.12. The zero-order chi connectivity index (χ0) is 10.9. The largest absolute Gasteiger partial charge is 0.396 e. The fourth-order valence-electron chi connectivity index (χ4n) is 1.52. The Morgan fingerprint density at radius 3 is 3.00 bits per heavy atom. The van der Waals surface area contributed by atoms with E-state index in [1.54, 1.807) is 6.20 Å². The highest BCUT2D eigenvalue weighted by Gasteiger charge is 1.99. The first-order valence-corrected chi connectivity index (χ1v) is 5.64. The Kier molecular flexibility index (Phi) is 6.04. The molecule has 0 bridgehead atoms. The number of aromatic nitrogens is 2. The molecule has 2 N–H and O–H groups in total. The summed E-state index contributed by atoms with van der Waals surface area (Å²) in [5, 5.41) is 16.2. The van der Waals surface area contributed by atoms with Gasteiger partial charge in [-0.3, -0.25) is 4.68 Å². The van der Waals surface area contributed by atoms with Crippen molar-refractivity contribution in [3.63, 3.8) is 0 Å². The first kappa shape index (κ1) is 12.2. The van der Waals surface area contributed by atoms with Gasteiger partial charge in [-0.05, 0) is 38.8 Å². The maximum Gasteiger partial charge on any atom is 0.0489 e. The molecule has 1 unspecified atom stereocenters. The lowest BCUT2D eigenvalue weighted by Crippen LogP contribution is -2.27. The topological polar surface area (TPSA) is 50.1 Å². The third-order valence-electron chi connectivity index (χ3n) is 2.41. The lowest BCUT2D eigenvalue weighted by molar-refractivity contribution is 0.276. The molecule has 4 nitrogen and oxygen atoms in total. The van der Waals surface area contributed by atoms with E-state index in [1.807, 2.05) is 16.9 Å². The summed E-state index contributed by atoms with van der Waals surface area (Å²) < 4.78 is 1.94. The average molecular weight is 211 g/mol. The maximum atomic E-state index is 8.67. The Hall–Kier alpha value is -0.870. The van der Waals surface area contributed by atoms with Crippen LogP contribution in [-0.4, -0.2) is 34.1 Å². The van der Waals surface area contributed by atoms with Crippen LogP contribution in [0.25, 0.3) is 0 Å². The minimum Gasteiger partial charge on any atom is -0.396 e. The molecule has 0 amide bonds. The first-order valence-electron chi connectivity index (χ1n) is 5.64. The van der Waals surface area contributed by atoms with E-state index in [1.165, 1.54) is 0 Å². The second kappa shape index (κ2) is 7.43. The van der Waals surface area contributed by atoms with Gasteiger partial charge < -0.3 is 10.4 Å². The molecule has 1 aromatic heterocycles. The highest BCUT2D eigenvalue weighted by molar-refractivity contribution is 4.77. The molecule has 0 saturated heterocycles. The second-order valence-corrected chi connectivity index (χ2v) is 3.84. The zero-order valence-electron chi connectivity index (χ0n) is 9.39. The standard InChI is InChI=1S/C11H21N3O/c1-11(5-2-10-15)12-6-3-8-14-9-4-7-13-14/h4,7,9,11-12,15H,2-3,5-6,8,10H2,1H3. The third kappa shape index (κ3) is 5.54. The highest BCUT2D eigenvalue weighted by atomic mass is 16.2. The van der Waals surface area contributed by atoms with Crippen LogP contribution in [-0.2, 0) is 6.54 Å². The molecule has 0 radical (unpaired) electrons. The highest BCUT2D eigenvalue weighted by Crippen LogP contribution is 1.95. The normalized spacial score (nSPS) is 12.9. The van der Waals surface area contributed by atoms with E-state index in [9.17, 15) is 0 Å². The van der Waals surface area contributed by atoms with E-state index in [-0.39, 0.29) is 0 Å². The predicted molar refractivity (Wildman–Crippen MR) is 60.6 cm³/mol. The van der Waals surface area contributed by atoms with Gasteiger partial charge in [0.1, 0.15) is 0 Å². The van der Waals surface area contributed by atoms with Crippen molar-refractivity contribution in [3.8, 4) is 0 Å². The van der Waals surface area contributed by atoms with E-state index in [2.05, 4.69) is 17.3 Å². The summed E-state index contributed by atoms with van der Waals surface area (Å²) in [5.41, 5.74) is 0. The van der Waals surface area contributed by atoms with Crippen molar-refractivity contribution in [1.29, 1.82) is 0 Å². The minimum absolute atomic E-state index is 0.291. The van der Waals surface area contributed by atoms with Gasteiger partial charge in [0.05, 0.1) is 0 Å². The summed E-state index contributed by atoms with van der Waals surface area (Å²) >= 11 is 0. The number of aryl methyl sites for hydroxylation is 1. The molecule has 1 heterocycles. The van der Waals surface area contributed by atoms with Crippen molar-refractivity contribution in [3.05, 3.63) is 18.5 Å². The number of aliphatic hydroxyl groups is 1. The first-order chi connectivity index (χ1) is 7.33. The molecule has 0 spiro atoms. The van der Waals surface area contributed by atoms with Crippen molar-refractivity contribution >= 4 is 0 Å². The minimum atomic E-state index is 0.291. The van der Waals surface area contributed by atoms with E-state index < -0.39 is 0 Å². The van der Waals surface area contributed by atoms with Gasteiger partial charge in [0.15, 0.2) is 0 Å². The molecule has 4 heteroatoms. The van der Waals surface area contributed by atoms with Crippen LogP contribution < -0.4 is 5.32 Å².